The molecule has 1 aromatic heterocycles. The van der Waals surface area contributed by atoms with E-state index in [2.05, 4.69) is 9.71 Å². The zero-order valence-corrected chi connectivity index (χ0v) is 10.9. The van der Waals surface area contributed by atoms with Crippen molar-refractivity contribution in [3.8, 4) is 0 Å². The molecule has 0 aliphatic carbocycles. The van der Waals surface area contributed by atoms with Crippen molar-refractivity contribution in [3.63, 3.8) is 0 Å². The van der Waals surface area contributed by atoms with E-state index in [0.29, 0.717) is 5.69 Å². The third-order valence-electron chi connectivity index (χ3n) is 2.43. The summed E-state index contributed by atoms with van der Waals surface area (Å²) in [5, 5.41) is 0. The van der Waals surface area contributed by atoms with E-state index >= 15 is 0 Å². The van der Waals surface area contributed by atoms with Gasteiger partial charge in [-0.15, -0.1) is 0 Å². The Hall–Kier alpha value is -1.06. The van der Waals surface area contributed by atoms with Gasteiger partial charge in [-0.25, -0.2) is 13.1 Å². The molecule has 0 saturated heterocycles. The van der Waals surface area contributed by atoms with Crippen molar-refractivity contribution in [1.29, 1.82) is 0 Å². The van der Waals surface area contributed by atoms with Crippen LogP contribution in [0, 0.1) is 0 Å². The van der Waals surface area contributed by atoms with Crippen LogP contribution in [0.5, 0.6) is 0 Å². The lowest BCUT2D eigenvalue weighted by Gasteiger charge is -2.07. The van der Waals surface area contributed by atoms with E-state index in [-0.39, 0.29) is 30.8 Å². The number of sulfonamides is 1. The van der Waals surface area contributed by atoms with Crippen LogP contribution in [0.25, 0.3) is 0 Å². The number of rotatable bonds is 7. The molecule has 1 aromatic rings. The maximum Gasteiger partial charge on any atom is 0.389 e. The first-order valence-corrected chi connectivity index (χ1v) is 7.17. The number of hydrogen-bond acceptors (Lipinski definition) is 3. The first kappa shape index (κ1) is 16.0. The number of nitrogens with two attached hydrogens (primary N) is 1. The SMILES string of the molecule is NCc1cc(S(=O)(=O)NCCCCC(F)(F)F)c[nH]1. The molecule has 0 amide bonds. The lowest BCUT2D eigenvalue weighted by molar-refractivity contribution is -0.135. The lowest BCUT2D eigenvalue weighted by atomic mass is 10.2. The highest BCUT2D eigenvalue weighted by molar-refractivity contribution is 7.89. The number of unbranched alkanes of at least 4 members (excludes halogenated alkanes) is 1. The van der Waals surface area contributed by atoms with Crippen LogP contribution >= 0.6 is 0 Å². The molecule has 0 bridgehead atoms. The van der Waals surface area contributed by atoms with E-state index in [9.17, 15) is 21.6 Å². The van der Waals surface area contributed by atoms with Gasteiger partial charge in [0.05, 0.1) is 4.90 Å². The standard InChI is InChI=1S/C10H16F3N3O2S/c11-10(12,13)3-1-2-4-16-19(17,18)9-5-8(6-14)15-7-9/h5,7,15-16H,1-4,6,14H2. The average molecular weight is 299 g/mol. The Morgan fingerprint density at radius 2 is 2.00 bits per heavy atom. The van der Waals surface area contributed by atoms with E-state index in [4.69, 9.17) is 5.73 Å². The van der Waals surface area contributed by atoms with Gasteiger partial charge < -0.3 is 10.7 Å². The van der Waals surface area contributed by atoms with Crippen molar-refractivity contribution in [3.05, 3.63) is 18.0 Å². The van der Waals surface area contributed by atoms with Crippen molar-refractivity contribution in [2.45, 2.75) is 36.9 Å². The molecule has 5 nitrogen and oxygen atoms in total. The molecule has 0 aliphatic heterocycles. The molecule has 1 heterocycles. The van der Waals surface area contributed by atoms with Crippen molar-refractivity contribution >= 4 is 10.0 Å². The minimum atomic E-state index is -4.20. The van der Waals surface area contributed by atoms with Crippen molar-refractivity contribution in [1.82, 2.24) is 9.71 Å². The summed E-state index contributed by atoms with van der Waals surface area (Å²) in [5.74, 6) is 0. The number of halogens is 3. The first-order valence-electron chi connectivity index (χ1n) is 5.68. The first-order chi connectivity index (χ1) is 8.74. The number of H-pyrrole nitrogens is 1. The molecule has 0 fully saturated rings. The van der Waals surface area contributed by atoms with Gasteiger partial charge in [-0.2, -0.15) is 13.2 Å². The Labute approximate surface area is 109 Å². The highest BCUT2D eigenvalue weighted by atomic mass is 32.2. The quantitative estimate of drug-likeness (QED) is 0.666. The van der Waals surface area contributed by atoms with Crippen molar-refractivity contribution in [2.75, 3.05) is 6.54 Å². The van der Waals surface area contributed by atoms with Crippen LogP contribution in [0.2, 0.25) is 0 Å². The van der Waals surface area contributed by atoms with E-state index in [1.807, 2.05) is 0 Å². The summed E-state index contributed by atoms with van der Waals surface area (Å²) in [6.07, 6.45) is -3.79. The van der Waals surface area contributed by atoms with Crippen LogP contribution in [0.1, 0.15) is 25.0 Å². The molecular formula is C10H16F3N3O2S. The third-order valence-corrected chi connectivity index (χ3v) is 3.87. The summed E-state index contributed by atoms with van der Waals surface area (Å²) in [7, 11) is -3.68. The van der Waals surface area contributed by atoms with E-state index < -0.39 is 22.6 Å². The predicted octanol–water partition coefficient (Wildman–Crippen LogP) is 1.48. The molecule has 0 saturated carbocycles. The largest absolute Gasteiger partial charge is 0.389 e. The Bertz CT molecular complexity index is 496. The van der Waals surface area contributed by atoms with Crippen molar-refractivity contribution in [2.24, 2.45) is 5.73 Å². The van der Waals surface area contributed by atoms with Gasteiger partial charge in [-0.3, -0.25) is 0 Å². The number of aromatic amines is 1. The van der Waals surface area contributed by atoms with E-state index in [1.54, 1.807) is 0 Å². The average Bonchev–Trinajstić information content (AvgIpc) is 2.76. The molecule has 9 heteroatoms. The normalized spacial score (nSPS) is 12.8. The molecule has 19 heavy (non-hydrogen) atoms. The highest BCUT2D eigenvalue weighted by Crippen LogP contribution is 2.22. The van der Waals surface area contributed by atoms with Crippen LogP contribution in [0.4, 0.5) is 13.2 Å². The van der Waals surface area contributed by atoms with E-state index in [1.165, 1.54) is 12.3 Å². The Kier molecular flexibility index (Phi) is 5.39. The zero-order chi connectivity index (χ0) is 14.5. The fourth-order valence-electron chi connectivity index (χ4n) is 1.43. The maximum absolute atomic E-state index is 11.9. The summed E-state index contributed by atoms with van der Waals surface area (Å²) < 4.78 is 61.3. The lowest BCUT2D eigenvalue weighted by Crippen LogP contribution is -2.24. The van der Waals surface area contributed by atoms with Gasteiger partial charge in [0.2, 0.25) is 10.0 Å². The number of aromatic nitrogens is 1. The molecule has 0 aliphatic rings. The third kappa shape index (κ3) is 5.62. The highest BCUT2D eigenvalue weighted by Gasteiger charge is 2.26. The minimum Gasteiger partial charge on any atom is -0.363 e. The monoisotopic (exact) mass is 299 g/mol. The van der Waals surface area contributed by atoms with Gasteiger partial charge in [-0.1, -0.05) is 0 Å². The number of nitrogens with one attached hydrogen (secondary N) is 2. The van der Waals surface area contributed by atoms with Gasteiger partial charge >= 0.3 is 6.18 Å². The van der Waals surface area contributed by atoms with Crippen LogP contribution in [-0.2, 0) is 16.6 Å². The maximum atomic E-state index is 11.9. The molecule has 110 valence electrons. The fourth-order valence-corrected chi connectivity index (χ4v) is 2.52. The van der Waals surface area contributed by atoms with Crippen LogP contribution in [-0.4, -0.2) is 26.1 Å². The Morgan fingerprint density at radius 1 is 1.32 bits per heavy atom. The van der Waals surface area contributed by atoms with Gasteiger partial charge in [0.15, 0.2) is 0 Å². The second-order valence-corrected chi connectivity index (χ2v) is 5.80. The summed E-state index contributed by atoms with van der Waals surface area (Å²) >= 11 is 0. The molecular weight excluding hydrogens is 283 g/mol. The molecule has 0 spiro atoms. The van der Waals surface area contributed by atoms with E-state index in [0.717, 1.165) is 0 Å². The van der Waals surface area contributed by atoms with Crippen molar-refractivity contribution < 1.29 is 21.6 Å². The Morgan fingerprint density at radius 3 is 2.53 bits per heavy atom. The predicted molar refractivity (Wildman–Crippen MR) is 63.8 cm³/mol. The second-order valence-electron chi connectivity index (χ2n) is 4.03. The molecule has 0 aromatic carbocycles. The summed E-state index contributed by atoms with van der Waals surface area (Å²) in [6, 6.07) is 1.39. The summed E-state index contributed by atoms with van der Waals surface area (Å²) in [6.45, 7) is 0.155. The summed E-state index contributed by atoms with van der Waals surface area (Å²) in [5.41, 5.74) is 5.90. The second kappa shape index (κ2) is 6.40. The molecule has 1 rings (SSSR count). The van der Waals surface area contributed by atoms with Gasteiger partial charge in [0, 0.05) is 31.4 Å². The van der Waals surface area contributed by atoms with Crippen LogP contribution in [0.15, 0.2) is 17.2 Å². The van der Waals surface area contributed by atoms with Gasteiger partial charge in [-0.05, 0) is 18.9 Å². The number of alkyl halides is 3. The molecule has 0 atom stereocenters. The Balaban J connectivity index is 2.39. The number of hydrogen-bond donors (Lipinski definition) is 3. The molecule has 0 radical (unpaired) electrons. The summed E-state index contributed by atoms with van der Waals surface area (Å²) in [4.78, 5) is 2.72. The molecule has 4 N–H and O–H groups in total. The topological polar surface area (TPSA) is 88.0 Å². The zero-order valence-electron chi connectivity index (χ0n) is 10.1. The van der Waals surface area contributed by atoms with Crippen LogP contribution in [0.3, 0.4) is 0 Å². The van der Waals surface area contributed by atoms with Gasteiger partial charge in [0.25, 0.3) is 0 Å². The smallest absolute Gasteiger partial charge is 0.363 e. The fraction of sp³-hybridized carbons (Fsp3) is 0.600. The van der Waals surface area contributed by atoms with Gasteiger partial charge in [0.1, 0.15) is 0 Å². The van der Waals surface area contributed by atoms with Crippen LogP contribution < -0.4 is 10.5 Å². The minimum absolute atomic E-state index is 0.0262. The molecule has 0 unspecified atom stereocenters.